The third kappa shape index (κ3) is 1.77. The molecule has 0 atom stereocenters. The first-order valence-corrected chi connectivity index (χ1v) is 4.79. The van der Waals surface area contributed by atoms with E-state index >= 15 is 0 Å². The predicted octanol–water partition coefficient (Wildman–Crippen LogP) is 3.81. The molecule has 0 aliphatic heterocycles. The quantitative estimate of drug-likeness (QED) is 0.687. The molecule has 0 aliphatic carbocycles. The second kappa shape index (κ2) is 3.28. The van der Waals surface area contributed by atoms with Crippen LogP contribution in [0, 0.1) is 6.92 Å². The lowest BCUT2D eigenvalue weighted by molar-refractivity contribution is 1.32. The van der Waals surface area contributed by atoms with Gasteiger partial charge in [-0.15, -0.1) is 12.6 Å². The number of halogens is 2. The normalized spacial score (nSPS) is 10.0. The van der Waals surface area contributed by atoms with E-state index in [0.717, 1.165) is 13.8 Å². The van der Waals surface area contributed by atoms with Gasteiger partial charge in [0.15, 0.2) is 0 Å². The third-order valence-corrected chi connectivity index (χ3v) is 3.41. The van der Waals surface area contributed by atoms with E-state index in [-0.39, 0.29) is 0 Å². The van der Waals surface area contributed by atoms with E-state index in [4.69, 9.17) is 0 Å². The second-order valence-electron chi connectivity index (χ2n) is 2.05. The fraction of sp³-hybridized carbons (Fsp3) is 0.143. The molecular weight excluding hydrogens is 276 g/mol. The fourth-order valence-corrected chi connectivity index (χ4v) is 1.81. The van der Waals surface area contributed by atoms with Gasteiger partial charge in [-0.05, 0) is 40.5 Å². The number of hydrogen-bond acceptors (Lipinski definition) is 1. The van der Waals surface area contributed by atoms with E-state index in [1.54, 1.807) is 0 Å². The van der Waals surface area contributed by atoms with Crippen LogP contribution in [0.5, 0.6) is 0 Å². The first-order valence-electron chi connectivity index (χ1n) is 2.76. The molecule has 0 saturated carbocycles. The van der Waals surface area contributed by atoms with Gasteiger partial charge < -0.3 is 0 Å². The van der Waals surface area contributed by atoms with Gasteiger partial charge in [0.2, 0.25) is 0 Å². The van der Waals surface area contributed by atoms with Crippen LogP contribution in [0.25, 0.3) is 0 Å². The summed E-state index contributed by atoms with van der Waals surface area (Å²) in [7, 11) is 0. The van der Waals surface area contributed by atoms with E-state index in [9.17, 15) is 0 Å². The summed E-state index contributed by atoms with van der Waals surface area (Å²) in [5.74, 6) is 0. The van der Waals surface area contributed by atoms with Crippen LogP contribution in [0.4, 0.5) is 0 Å². The van der Waals surface area contributed by atoms with Crippen molar-refractivity contribution in [1.29, 1.82) is 0 Å². The van der Waals surface area contributed by atoms with Crippen molar-refractivity contribution >= 4 is 44.5 Å². The highest BCUT2D eigenvalue weighted by Crippen LogP contribution is 2.27. The van der Waals surface area contributed by atoms with Crippen LogP contribution in [-0.4, -0.2) is 0 Å². The molecular formula is C7H6Br2S. The van der Waals surface area contributed by atoms with Crippen molar-refractivity contribution in [3.8, 4) is 0 Å². The molecule has 0 heterocycles. The summed E-state index contributed by atoms with van der Waals surface area (Å²) in [6.45, 7) is 2.04. The Kier molecular flexibility index (Phi) is 2.83. The Hall–Kier alpha value is 0.530. The highest BCUT2D eigenvalue weighted by Gasteiger charge is 1.98. The van der Waals surface area contributed by atoms with E-state index in [1.807, 2.05) is 19.1 Å². The average molecular weight is 282 g/mol. The van der Waals surface area contributed by atoms with Gasteiger partial charge in [0.25, 0.3) is 0 Å². The minimum absolute atomic E-state index is 0.956. The third-order valence-electron chi connectivity index (χ3n) is 1.23. The largest absolute Gasteiger partial charge is 0.142 e. The number of rotatable bonds is 0. The monoisotopic (exact) mass is 280 g/mol. The van der Waals surface area contributed by atoms with Gasteiger partial charge in [0, 0.05) is 13.8 Å². The highest BCUT2D eigenvalue weighted by atomic mass is 79.9. The number of hydrogen-bond donors (Lipinski definition) is 1. The Morgan fingerprint density at radius 2 is 1.80 bits per heavy atom. The van der Waals surface area contributed by atoms with E-state index in [2.05, 4.69) is 44.5 Å². The van der Waals surface area contributed by atoms with Crippen LogP contribution in [-0.2, 0) is 0 Å². The van der Waals surface area contributed by atoms with Gasteiger partial charge in [-0.1, -0.05) is 15.9 Å². The lowest BCUT2D eigenvalue weighted by Crippen LogP contribution is -1.76. The minimum atomic E-state index is 0.956. The van der Waals surface area contributed by atoms with E-state index in [0.29, 0.717) is 0 Å². The molecule has 0 N–H and O–H groups in total. The van der Waals surface area contributed by atoms with Gasteiger partial charge in [-0.25, -0.2) is 0 Å². The lowest BCUT2D eigenvalue weighted by atomic mass is 10.2. The van der Waals surface area contributed by atoms with Crippen LogP contribution < -0.4 is 0 Å². The predicted molar refractivity (Wildman–Crippen MR) is 53.8 cm³/mol. The van der Waals surface area contributed by atoms with Crippen LogP contribution in [0.3, 0.4) is 0 Å². The van der Waals surface area contributed by atoms with Gasteiger partial charge in [-0.3, -0.25) is 0 Å². The fourth-order valence-electron chi connectivity index (χ4n) is 0.636. The summed E-state index contributed by atoms with van der Waals surface area (Å²) < 4.78 is 2.14. The molecule has 1 aromatic carbocycles. The van der Waals surface area contributed by atoms with Crippen LogP contribution >= 0.6 is 44.5 Å². The molecule has 3 heteroatoms. The molecule has 54 valence electrons. The van der Waals surface area contributed by atoms with E-state index in [1.165, 1.54) is 5.56 Å². The Balaban J connectivity index is 3.28. The van der Waals surface area contributed by atoms with Crippen molar-refractivity contribution in [2.24, 2.45) is 0 Å². The molecule has 0 radical (unpaired) electrons. The minimum Gasteiger partial charge on any atom is -0.142 e. The zero-order valence-corrected chi connectivity index (χ0v) is 9.42. The molecule has 0 amide bonds. The highest BCUT2D eigenvalue weighted by molar-refractivity contribution is 9.11. The molecule has 0 aromatic heterocycles. The van der Waals surface area contributed by atoms with Crippen LogP contribution in [0.1, 0.15) is 5.56 Å². The molecule has 0 nitrogen and oxygen atoms in total. The molecule has 0 unspecified atom stereocenters. The number of benzene rings is 1. The van der Waals surface area contributed by atoms with Crippen LogP contribution in [0.2, 0.25) is 0 Å². The van der Waals surface area contributed by atoms with Gasteiger partial charge in [0.1, 0.15) is 0 Å². The Morgan fingerprint density at radius 1 is 1.20 bits per heavy atom. The average Bonchev–Trinajstić information content (AvgIpc) is 1.84. The Bertz CT molecular complexity index is 208. The van der Waals surface area contributed by atoms with E-state index < -0.39 is 0 Å². The summed E-state index contributed by atoms with van der Waals surface area (Å²) in [5, 5.41) is 0. The van der Waals surface area contributed by atoms with Gasteiger partial charge in [-0.2, -0.15) is 0 Å². The summed E-state index contributed by atoms with van der Waals surface area (Å²) in [4.78, 5) is 0.956. The van der Waals surface area contributed by atoms with Crippen molar-refractivity contribution in [1.82, 2.24) is 0 Å². The summed E-state index contributed by atoms with van der Waals surface area (Å²) in [6.07, 6.45) is 0. The first kappa shape index (κ1) is 8.62. The molecule has 1 aromatic rings. The maximum atomic E-state index is 4.24. The first-order chi connectivity index (χ1) is 4.61. The summed E-state index contributed by atoms with van der Waals surface area (Å²) in [6, 6.07) is 4.01. The van der Waals surface area contributed by atoms with Crippen molar-refractivity contribution in [3.63, 3.8) is 0 Å². The van der Waals surface area contributed by atoms with Crippen LogP contribution in [0.15, 0.2) is 26.0 Å². The molecule has 0 spiro atoms. The van der Waals surface area contributed by atoms with Gasteiger partial charge >= 0.3 is 0 Å². The van der Waals surface area contributed by atoms with Crippen molar-refractivity contribution in [2.45, 2.75) is 11.8 Å². The maximum absolute atomic E-state index is 4.24. The van der Waals surface area contributed by atoms with Crippen molar-refractivity contribution in [3.05, 3.63) is 26.6 Å². The molecule has 0 bridgehead atoms. The molecule has 0 fully saturated rings. The topological polar surface area (TPSA) is 0 Å². The zero-order valence-electron chi connectivity index (χ0n) is 5.36. The van der Waals surface area contributed by atoms with Crippen molar-refractivity contribution in [2.75, 3.05) is 0 Å². The Labute approximate surface area is 82.7 Å². The standard InChI is InChI=1S/C7H6Br2S/c1-4-2-6(9)7(10)3-5(4)8/h2-3,10H,1H3. The molecule has 1 rings (SSSR count). The number of aryl methyl sites for hydroxylation is 1. The molecule has 0 aliphatic rings. The summed E-state index contributed by atoms with van der Waals surface area (Å²) >= 11 is 11.0. The van der Waals surface area contributed by atoms with Crippen molar-refractivity contribution < 1.29 is 0 Å². The lowest BCUT2D eigenvalue weighted by Gasteiger charge is -2.00. The Morgan fingerprint density at radius 3 is 2.30 bits per heavy atom. The molecule has 0 saturated heterocycles. The van der Waals surface area contributed by atoms with Gasteiger partial charge in [0.05, 0.1) is 0 Å². The number of thiol groups is 1. The zero-order chi connectivity index (χ0) is 7.72. The maximum Gasteiger partial charge on any atom is 0.0312 e. The summed E-state index contributed by atoms with van der Waals surface area (Å²) in [5.41, 5.74) is 1.21. The smallest absolute Gasteiger partial charge is 0.0312 e. The molecule has 10 heavy (non-hydrogen) atoms. The SMILES string of the molecule is Cc1cc(Br)c(S)cc1Br. The second-order valence-corrected chi connectivity index (χ2v) is 4.24.